The van der Waals surface area contributed by atoms with E-state index in [-0.39, 0.29) is 17.3 Å². The Morgan fingerprint density at radius 1 is 1.09 bits per heavy atom. The number of hydrogen-bond donors (Lipinski definition) is 1. The summed E-state index contributed by atoms with van der Waals surface area (Å²) in [5.41, 5.74) is 8.46. The van der Waals surface area contributed by atoms with Gasteiger partial charge in [0.2, 0.25) is 17.8 Å². The zero-order valence-corrected chi connectivity index (χ0v) is 19.4. The van der Waals surface area contributed by atoms with Crippen LogP contribution in [-0.4, -0.2) is 65.2 Å². The average molecular weight is 439 g/mol. The largest absolute Gasteiger partial charge is 0.378 e. The summed E-state index contributed by atoms with van der Waals surface area (Å²) in [6.07, 6.45) is 2.80. The molecule has 4 rings (SSSR count). The molecule has 1 amide bonds. The number of amides is 1. The fourth-order valence-corrected chi connectivity index (χ4v) is 4.74. The summed E-state index contributed by atoms with van der Waals surface area (Å²) >= 11 is 0. The molecule has 32 heavy (non-hydrogen) atoms. The average Bonchev–Trinajstić information content (AvgIpc) is 2.79. The van der Waals surface area contributed by atoms with Crippen LogP contribution < -0.4 is 10.6 Å². The van der Waals surface area contributed by atoms with Crippen molar-refractivity contribution in [3.63, 3.8) is 0 Å². The molecule has 2 aliphatic rings. The number of carbonyl (C=O) groups is 1. The molecule has 1 aromatic heterocycles. The second-order valence-corrected chi connectivity index (χ2v) is 9.46. The van der Waals surface area contributed by atoms with Gasteiger partial charge in [0.1, 0.15) is 5.82 Å². The van der Waals surface area contributed by atoms with Gasteiger partial charge in [0.15, 0.2) is 0 Å². The van der Waals surface area contributed by atoms with Crippen LogP contribution in [0.5, 0.6) is 0 Å². The molecule has 3 heterocycles. The van der Waals surface area contributed by atoms with E-state index in [9.17, 15) is 4.79 Å². The summed E-state index contributed by atoms with van der Waals surface area (Å²) in [7, 11) is 0. The molecule has 8 nitrogen and oxygen atoms in total. The smallest absolute Gasteiger partial charge is 0.230 e. The highest BCUT2D eigenvalue weighted by atomic mass is 16.5. The Bertz CT molecular complexity index is 949. The summed E-state index contributed by atoms with van der Waals surface area (Å²) in [5.74, 6) is 2.24. The van der Waals surface area contributed by atoms with E-state index in [1.807, 2.05) is 4.90 Å². The van der Waals surface area contributed by atoms with Gasteiger partial charge in [-0.1, -0.05) is 38.1 Å². The van der Waals surface area contributed by atoms with Crippen molar-refractivity contribution in [2.45, 2.75) is 51.4 Å². The van der Waals surface area contributed by atoms with Gasteiger partial charge in [0.05, 0.1) is 13.2 Å². The number of nitrogen functional groups attached to an aromatic ring is 1. The van der Waals surface area contributed by atoms with E-state index in [2.05, 4.69) is 53.0 Å². The van der Waals surface area contributed by atoms with Gasteiger partial charge in [-0.2, -0.15) is 15.0 Å². The number of morpholine rings is 1. The molecule has 0 bridgehead atoms. The molecule has 0 aliphatic carbocycles. The lowest BCUT2D eigenvalue weighted by atomic mass is 9.79. The molecule has 172 valence electrons. The first kappa shape index (κ1) is 22.5. The van der Waals surface area contributed by atoms with Gasteiger partial charge in [0.25, 0.3) is 0 Å². The first-order valence-corrected chi connectivity index (χ1v) is 11.5. The van der Waals surface area contributed by atoms with Crippen LogP contribution in [0.15, 0.2) is 24.3 Å². The third-order valence-electron chi connectivity index (χ3n) is 6.61. The van der Waals surface area contributed by atoms with E-state index in [4.69, 9.17) is 15.5 Å². The second kappa shape index (κ2) is 9.40. The third kappa shape index (κ3) is 5.01. The van der Waals surface area contributed by atoms with Gasteiger partial charge >= 0.3 is 0 Å². The monoisotopic (exact) mass is 438 g/mol. The number of rotatable bonds is 5. The second-order valence-electron chi connectivity index (χ2n) is 9.46. The van der Waals surface area contributed by atoms with Crippen LogP contribution in [0, 0.1) is 0 Å². The SMILES string of the molecule is CC(=O)N1CCC(c2ccccc2CC(C)(C)c2nc(N)nc(N3CCOCC3)n2)CC1. The molecule has 2 saturated heterocycles. The highest BCUT2D eigenvalue weighted by molar-refractivity contribution is 5.73. The Morgan fingerprint density at radius 3 is 2.47 bits per heavy atom. The van der Waals surface area contributed by atoms with Gasteiger partial charge in [-0.3, -0.25) is 4.79 Å². The number of nitrogens with zero attached hydrogens (tertiary/aromatic N) is 5. The molecule has 0 unspecified atom stereocenters. The number of benzene rings is 1. The Hall–Kier alpha value is -2.74. The predicted molar refractivity (Wildman–Crippen MR) is 125 cm³/mol. The van der Waals surface area contributed by atoms with Gasteiger partial charge in [-0.25, -0.2) is 0 Å². The number of hydrogen-bond acceptors (Lipinski definition) is 7. The number of carbonyl (C=O) groups excluding carboxylic acids is 1. The molecular formula is C24H34N6O2. The molecular weight excluding hydrogens is 404 g/mol. The Labute approximate surface area is 190 Å². The van der Waals surface area contributed by atoms with Crippen LogP contribution in [-0.2, 0) is 21.4 Å². The van der Waals surface area contributed by atoms with Crippen LogP contribution in [0.1, 0.15) is 56.5 Å². The van der Waals surface area contributed by atoms with Gasteiger partial charge in [-0.15, -0.1) is 0 Å². The van der Waals surface area contributed by atoms with Gasteiger partial charge in [-0.05, 0) is 36.3 Å². The van der Waals surface area contributed by atoms with Crippen LogP contribution in [0.2, 0.25) is 0 Å². The van der Waals surface area contributed by atoms with E-state index in [1.165, 1.54) is 11.1 Å². The van der Waals surface area contributed by atoms with Crippen LogP contribution in [0.4, 0.5) is 11.9 Å². The van der Waals surface area contributed by atoms with E-state index in [0.29, 0.717) is 30.9 Å². The standard InChI is InChI=1S/C24H34N6O2/c1-17(31)29-10-8-18(9-11-29)20-7-5-4-6-19(20)16-24(2,3)21-26-22(25)28-23(27-21)30-12-14-32-15-13-30/h4-7,18H,8-16H2,1-3H3,(H2,25,26,27,28). The number of anilines is 2. The number of likely N-dealkylation sites (tertiary alicyclic amines) is 1. The van der Waals surface area contributed by atoms with Gasteiger partial charge in [0, 0.05) is 38.5 Å². The number of aromatic nitrogens is 3. The lowest BCUT2D eigenvalue weighted by molar-refractivity contribution is -0.129. The molecule has 2 N–H and O–H groups in total. The summed E-state index contributed by atoms with van der Waals surface area (Å²) < 4.78 is 5.45. The maximum atomic E-state index is 11.7. The first-order chi connectivity index (χ1) is 15.3. The lowest BCUT2D eigenvalue weighted by Gasteiger charge is -2.33. The topological polar surface area (TPSA) is 97.5 Å². The Balaban J connectivity index is 1.55. The molecule has 2 aliphatic heterocycles. The molecule has 1 aromatic carbocycles. The minimum Gasteiger partial charge on any atom is -0.378 e. The Morgan fingerprint density at radius 2 is 1.78 bits per heavy atom. The minimum absolute atomic E-state index is 0.168. The fraction of sp³-hybridized carbons (Fsp3) is 0.583. The van der Waals surface area contributed by atoms with Crippen molar-refractivity contribution in [1.29, 1.82) is 0 Å². The van der Waals surface area contributed by atoms with Crippen molar-refractivity contribution in [2.24, 2.45) is 0 Å². The maximum absolute atomic E-state index is 11.7. The Kier molecular flexibility index (Phi) is 6.60. The highest BCUT2D eigenvalue weighted by Gasteiger charge is 2.30. The summed E-state index contributed by atoms with van der Waals surface area (Å²) in [6.45, 7) is 10.5. The van der Waals surface area contributed by atoms with E-state index >= 15 is 0 Å². The number of nitrogens with two attached hydrogens (primary N) is 1. The summed E-state index contributed by atoms with van der Waals surface area (Å²) in [6, 6.07) is 8.66. The van der Waals surface area contributed by atoms with Crippen molar-refractivity contribution in [3.8, 4) is 0 Å². The van der Waals surface area contributed by atoms with Crippen LogP contribution >= 0.6 is 0 Å². The van der Waals surface area contributed by atoms with Crippen molar-refractivity contribution < 1.29 is 9.53 Å². The number of ether oxygens (including phenoxy) is 1. The molecule has 2 fully saturated rings. The van der Waals surface area contributed by atoms with E-state index in [1.54, 1.807) is 6.92 Å². The third-order valence-corrected chi connectivity index (χ3v) is 6.61. The van der Waals surface area contributed by atoms with Crippen LogP contribution in [0.25, 0.3) is 0 Å². The van der Waals surface area contributed by atoms with E-state index < -0.39 is 0 Å². The zero-order valence-electron chi connectivity index (χ0n) is 19.4. The quantitative estimate of drug-likeness (QED) is 0.766. The zero-order chi connectivity index (χ0) is 22.7. The normalized spacial score (nSPS) is 18.1. The van der Waals surface area contributed by atoms with Crippen molar-refractivity contribution in [2.75, 3.05) is 50.0 Å². The molecule has 8 heteroatoms. The van der Waals surface area contributed by atoms with E-state index in [0.717, 1.165) is 45.4 Å². The van der Waals surface area contributed by atoms with Gasteiger partial charge < -0.3 is 20.3 Å². The fourth-order valence-electron chi connectivity index (χ4n) is 4.74. The maximum Gasteiger partial charge on any atom is 0.230 e. The number of piperidine rings is 1. The first-order valence-electron chi connectivity index (χ1n) is 11.5. The molecule has 0 spiro atoms. The van der Waals surface area contributed by atoms with Crippen LogP contribution in [0.3, 0.4) is 0 Å². The highest BCUT2D eigenvalue weighted by Crippen LogP contribution is 2.34. The van der Waals surface area contributed by atoms with Crippen molar-refractivity contribution in [3.05, 3.63) is 41.2 Å². The van der Waals surface area contributed by atoms with Crippen molar-refractivity contribution in [1.82, 2.24) is 19.9 Å². The van der Waals surface area contributed by atoms with Crippen molar-refractivity contribution >= 4 is 17.8 Å². The molecule has 2 aromatic rings. The molecule has 0 saturated carbocycles. The summed E-state index contributed by atoms with van der Waals surface area (Å²) in [4.78, 5) is 29.5. The summed E-state index contributed by atoms with van der Waals surface area (Å²) in [5, 5.41) is 0. The lowest BCUT2D eigenvalue weighted by Crippen LogP contribution is -2.38. The predicted octanol–water partition coefficient (Wildman–Crippen LogP) is 2.54. The minimum atomic E-state index is -0.311. The molecule has 0 radical (unpaired) electrons. The molecule has 0 atom stereocenters.